The maximum absolute atomic E-state index is 11.8. The van der Waals surface area contributed by atoms with Crippen LogP contribution in [0.4, 0.5) is 0 Å². The Balaban J connectivity index is 2.11. The molecular formula is C12H12N4O3. The molecule has 0 saturated heterocycles. The van der Waals surface area contributed by atoms with Gasteiger partial charge in [0.25, 0.3) is 5.91 Å². The summed E-state index contributed by atoms with van der Waals surface area (Å²) in [5.41, 5.74) is 8.09. The standard InChI is InChI=1S/C12H12N4O3/c13-11(17)7-19-15-12(18)10-6-14-8-16(10)9-4-2-1-3-5-9/h1-6,8H,7H2,(H2,13,17)(H,15,18). The summed E-state index contributed by atoms with van der Waals surface area (Å²) in [6.45, 7) is -0.384. The molecule has 2 amide bonds. The summed E-state index contributed by atoms with van der Waals surface area (Å²) in [5, 5.41) is 0. The minimum absolute atomic E-state index is 0.288. The van der Waals surface area contributed by atoms with E-state index >= 15 is 0 Å². The normalized spacial score (nSPS) is 10.1. The Hall–Kier alpha value is -2.67. The number of hydrogen-bond donors (Lipinski definition) is 2. The molecule has 0 aliphatic rings. The van der Waals surface area contributed by atoms with Crippen LogP contribution in [0.1, 0.15) is 10.5 Å². The Morgan fingerprint density at radius 1 is 1.32 bits per heavy atom. The third kappa shape index (κ3) is 3.17. The predicted octanol–water partition coefficient (Wildman–Crippen LogP) is 0.0190. The van der Waals surface area contributed by atoms with Crippen molar-refractivity contribution in [2.24, 2.45) is 5.73 Å². The fraction of sp³-hybridized carbons (Fsp3) is 0.0833. The topological polar surface area (TPSA) is 99.2 Å². The molecule has 1 aromatic carbocycles. The summed E-state index contributed by atoms with van der Waals surface area (Å²) in [5.74, 6) is -1.18. The zero-order chi connectivity index (χ0) is 13.7. The third-order valence-corrected chi connectivity index (χ3v) is 2.28. The lowest BCUT2D eigenvalue weighted by Crippen LogP contribution is -2.30. The number of nitrogens with zero attached hydrogens (tertiary/aromatic N) is 2. The first-order chi connectivity index (χ1) is 9.18. The van der Waals surface area contributed by atoms with Gasteiger partial charge in [0.05, 0.1) is 12.5 Å². The van der Waals surface area contributed by atoms with Gasteiger partial charge in [0.15, 0.2) is 6.61 Å². The summed E-state index contributed by atoms with van der Waals surface area (Å²) in [6.07, 6.45) is 2.91. The number of hydroxylamine groups is 1. The number of carbonyl (C=O) groups is 2. The molecule has 98 valence electrons. The fourth-order valence-corrected chi connectivity index (χ4v) is 1.48. The average Bonchev–Trinajstić information content (AvgIpc) is 2.88. The van der Waals surface area contributed by atoms with Crippen molar-refractivity contribution in [1.82, 2.24) is 15.0 Å². The number of para-hydroxylation sites is 1. The van der Waals surface area contributed by atoms with Crippen LogP contribution in [0, 0.1) is 0 Å². The van der Waals surface area contributed by atoms with Gasteiger partial charge in [-0.2, -0.15) is 0 Å². The van der Waals surface area contributed by atoms with Crippen molar-refractivity contribution < 1.29 is 14.4 Å². The lowest BCUT2D eigenvalue weighted by molar-refractivity contribution is -0.124. The number of imidazole rings is 1. The molecule has 0 aliphatic carbocycles. The van der Waals surface area contributed by atoms with E-state index in [1.165, 1.54) is 12.5 Å². The molecule has 7 heteroatoms. The van der Waals surface area contributed by atoms with E-state index in [-0.39, 0.29) is 12.3 Å². The van der Waals surface area contributed by atoms with Crippen LogP contribution in [0.2, 0.25) is 0 Å². The second-order valence-electron chi connectivity index (χ2n) is 3.67. The molecule has 7 nitrogen and oxygen atoms in total. The van der Waals surface area contributed by atoms with Gasteiger partial charge in [-0.05, 0) is 12.1 Å². The highest BCUT2D eigenvalue weighted by Crippen LogP contribution is 2.10. The Labute approximate surface area is 109 Å². The van der Waals surface area contributed by atoms with Gasteiger partial charge in [0.1, 0.15) is 5.69 Å². The quantitative estimate of drug-likeness (QED) is 0.740. The van der Waals surface area contributed by atoms with E-state index in [2.05, 4.69) is 15.3 Å². The van der Waals surface area contributed by atoms with Crippen molar-refractivity contribution in [3.05, 3.63) is 48.5 Å². The molecule has 0 unspecified atom stereocenters. The second kappa shape index (κ2) is 5.78. The first-order valence-electron chi connectivity index (χ1n) is 5.46. The molecule has 0 bridgehead atoms. The van der Waals surface area contributed by atoms with Crippen LogP contribution < -0.4 is 11.2 Å². The van der Waals surface area contributed by atoms with Gasteiger partial charge in [0.2, 0.25) is 5.91 Å². The number of carbonyl (C=O) groups excluding carboxylic acids is 2. The first kappa shape index (κ1) is 12.8. The molecule has 3 N–H and O–H groups in total. The van der Waals surface area contributed by atoms with Gasteiger partial charge in [-0.15, -0.1) is 0 Å². The van der Waals surface area contributed by atoms with Crippen LogP contribution in [-0.4, -0.2) is 28.0 Å². The van der Waals surface area contributed by atoms with E-state index in [4.69, 9.17) is 5.73 Å². The van der Waals surface area contributed by atoms with Crippen LogP contribution in [0.15, 0.2) is 42.9 Å². The molecule has 19 heavy (non-hydrogen) atoms. The van der Waals surface area contributed by atoms with Crippen LogP contribution in [-0.2, 0) is 9.63 Å². The zero-order valence-corrected chi connectivity index (χ0v) is 9.95. The summed E-state index contributed by atoms with van der Waals surface area (Å²) in [7, 11) is 0. The van der Waals surface area contributed by atoms with Crippen LogP contribution >= 0.6 is 0 Å². The van der Waals surface area contributed by atoms with E-state index in [9.17, 15) is 9.59 Å². The lowest BCUT2D eigenvalue weighted by Gasteiger charge is -2.08. The van der Waals surface area contributed by atoms with E-state index in [1.807, 2.05) is 30.3 Å². The maximum Gasteiger partial charge on any atom is 0.293 e. The number of hydrogen-bond acceptors (Lipinski definition) is 4. The highest BCUT2D eigenvalue weighted by Gasteiger charge is 2.13. The maximum atomic E-state index is 11.8. The van der Waals surface area contributed by atoms with Gasteiger partial charge in [-0.3, -0.25) is 19.0 Å². The van der Waals surface area contributed by atoms with E-state index < -0.39 is 11.8 Å². The Morgan fingerprint density at radius 2 is 2.05 bits per heavy atom. The van der Waals surface area contributed by atoms with Crippen molar-refractivity contribution in [2.75, 3.05) is 6.61 Å². The van der Waals surface area contributed by atoms with Crippen molar-refractivity contribution >= 4 is 11.8 Å². The molecule has 0 spiro atoms. The number of amides is 2. The summed E-state index contributed by atoms with van der Waals surface area (Å²) in [6, 6.07) is 9.24. The van der Waals surface area contributed by atoms with Gasteiger partial charge < -0.3 is 5.73 Å². The SMILES string of the molecule is NC(=O)CONC(=O)c1cncn1-c1ccccc1. The summed E-state index contributed by atoms with van der Waals surface area (Å²) >= 11 is 0. The lowest BCUT2D eigenvalue weighted by atomic mass is 10.3. The monoisotopic (exact) mass is 260 g/mol. The van der Waals surface area contributed by atoms with Crippen LogP contribution in [0.5, 0.6) is 0 Å². The molecule has 0 radical (unpaired) electrons. The van der Waals surface area contributed by atoms with Crippen molar-refractivity contribution in [3.8, 4) is 5.69 Å². The van der Waals surface area contributed by atoms with Crippen molar-refractivity contribution in [2.45, 2.75) is 0 Å². The Kier molecular flexibility index (Phi) is 3.89. The molecule has 2 aromatic rings. The Bertz CT molecular complexity index is 580. The van der Waals surface area contributed by atoms with Crippen LogP contribution in [0.25, 0.3) is 5.69 Å². The average molecular weight is 260 g/mol. The van der Waals surface area contributed by atoms with E-state index in [0.717, 1.165) is 5.69 Å². The number of nitrogens with two attached hydrogens (primary N) is 1. The van der Waals surface area contributed by atoms with Crippen molar-refractivity contribution in [3.63, 3.8) is 0 Å². The van der Waals surface area contributed by atoms with Gasteiger partial charge in [-0.25, -0.2) is 10.5 Å². The number of rotatable bonds is 5. The van der Waals surface area contributed by atoms with Crippen LogP contribution in [0.3, 0.4) is 0 Å². The second-order valence-corrected chi connectivity index (χ2v) is 3.67. The smallest absolute Gasteiger partial charge is 0.293 e. The molecule has 1 aromatic heterocycles. The minimum atomic E-state index is -0.670. The highest BCUT2D eigenvalue weighted by molar-refractivity contribution is 5.92. The number of nitrogens with one attached hydrogen (secondary N) is 1. The van der Waals surface area contributed by atoms with Gasteiger partial charge in [-0.1, -0.05) is 18.2 Å². The molecule has 0 fully saturated rings. The van der Waals surface area contributed by atoms with Gasteiger partial charge >= 0.3 is 0 Å². The van der Waals surface area contributed by atoms with Gasteiger partial charge in [0, 0.05) is 5.69 Å². The Morgan fingerprint density at radius 3 is 2.74 bits per heavy atom. The van der Waals surface area contributed by atoms with E-state index in [0.29, 0.717) is 0 Å². The number of aromatic nitrogens is 2. The number of primary amides is 1. The molecule has 2 rings (SSSR count). The minimum Gasteiger partial charge on any atom is -0.368 e. The molecule has 1 heterocycles. The molecule has 0 atom stereocenters. The molecule has 0 saturated carbocycles. The van der Waals surface area contributed by atoms with E-state index in [1.54, 1.807) is 4.57 Å². The first-order valence-corrected chi connectivity index (χ1v) is 5.46. The largest absolute Gasteiger partial charge is 0.368 e. The summed E-state index contributed by atoms with van der Waals surface area (Å²) in [4.78, 5) is 30.9. The molecular weight excluding hydrogens is 248 g/mol. The third-order valence-electron chi connectivity index (χ3n) is 2.28. The van der Waals surface area contributed by atoms with Crippen molar-refractivity contribution in [1.29, 1.82) is 0 Å². The molecule has 0 aliphatic heterocycles. The number of benzene rings is 1. The predicted molar refractivity (Wildman–Crippen MR) is 66.2 cm³/mol. The summed E-state index contributed by atoms with van der Waals surface area (Å²) < 4.78 is 1.60. The highest BCUT2D eigenvalue weighted by atomic mass is 16.7. The zero-order valence-electron chi connectivity index (χ0n) is 9.95. The fourth-order valence-electron chi connectivity index (χ4n) is 1.48.